The van der Waals surface area contributed by atoms with Crippen molar-refractivity contribution >= 4 is 34.4 Å². The van der Waals surface area contributed by atoms with Gasteiger partial charge < -0.3 is 24.7 Å². The van der Waals surface area contributed by atoms with Crippen molar-refractivity contribution < 1.29 is 14.3 Å². The molecule has 0 spiro atoms. The third-order valence-corrected chi connectivity index (χ3v) is 7.07. The van der Waals surface area contributed by atoms with Crippen molar-refractivity contribution in [3.05, 3.63) is 48.0 Å². The molecule has 0 bridgehead atoms. The Hall–Kier alpha value is -3.81. The van der Waals surface area contributed by atoms with Crippen LogP contribution in [-0.4, -0.2) is 35.0 Å². The van der Waals surface area contributed by atoms with Crippen LogP contribution in [0.25, 0.3) is 22.2 Å². The Morgan fingerprint density at radius 3 is 2.36 bits per heavy atom. The Bertz CT molecular complexity index is 1300. The molecule has 0 unspecified atom stereocenters. The molecular weight excluding hydrogens is 454 g/mol. The molecule has 0 saturated heterocycles. The van der Waals surface area contributed by atoms with Gasteiger partial charge in [0.05, 0.1) is 23.4 Å². The molecule has 2 fully saturated rings. The average molecular weight is 488 g/mol. The van der Waals surface area contributed by atoms with Gasteiger partial charge in [-0.05, 0) is 75.3 Å². The van der Waals surface area contributed by atoms with Crippen LogP contribution in [-0.2, 0) is 4.74 Å². The second-order valence-corrected chi connectivity index (χ2v) is 9.58. The zero-order valence-corrected chi connectivity index (χ0v) is 20.8. The second-order valence-electron chi connectivity index (χ2n) is 9.58. The van der Waals surface area contributed by atoms with Crippen molar-refractivity contribution in [1.82, 2.24) is 9.88 Å². The molecular formula is C28H33N5O3. The van der Waals surface area contributed by atoms with E-state index in [9.17, 15) is 4.79 Å². The summed E-state index contributed by atoms with van der Waals surface area (Å²) in [5.74, 6) is 0.708. The highest BCUT2D eigenvalue weighted by atomic mass is 16.5. The molecule has 2 aliphatic carbocycles. The number of hydrogen-bond donors (Lipinski definition) is 4. The van der Waals surface area contributed by atoms with Gasteiger partial charge >= 0.3 is 6.03 Å². The number of hydrogen-bond acceptors (Lipinski definition) is 5. The SMILES string of the molecule is CCOc1ccc2c(C(=N)OC(C)=N)c(-c3ccc(NC(=O)NC4CCC4)cc3)n(C3CCC3)c2c1. The van der Waals surface area contributed by atoms with Gasteiger partial charge in [0.1, 0.15) is 5.75 Å². The number of urea groups is 1. The number of amides is 2. The van der Waals surface area contributed by atoms with Gasteiger partial charge in [-0.25, -0.2) is 4.79 Å². The summed E-state index contributed by atoms with van der Waals surface area (Å²) in [6.45, 7) is 4.07. The highest BCUT2D eigenvalue weighted by Crippen LogP contribution is 2.44. The van der Waals surface area contributed by atoms with Crippen LogP contribution in [0.2, 0.25) is 0 Å². The van der Waals surface area contributed by atoms with Gasteiger partial charge in [-0.1, -0.05) is 12.1 Å². The Morgan fingerprint density at radius 1 is 1.06 bits per heavy atom. The number of anilines is 1. The highest BCUT2D eigenvalue weighted by Gasteiger charge is 2.30. The number of benzene rings is 2. The molecule has 1 heterocycles. The van der Waals surface area contributed by atoms with E-state index in [0.29, 0.717) is 23.9 Å². The summed E-state index contributed by atoms with van der Waals surface area (Å²) in [4.78, 5) is 12.3. The highest BCUT2D eigenvalue weighted by molar-refractivity contribution is 6.14. The van der Waals surface area contributed by atoms with E-state index in [1.54, 1.807) is 0 Å². The summed E-state index contributed by atoms with van der Waals surface area (Å²) in [6, 6.07) is 14.1. The molecule has 2 amide bonds. The van der Waals surface area contributed by atoms with Crippen LogP contribution >= 0.6 is 0 Å². The van der Waals surface area contributed by atoms with Crippen LogP contribution in [0, 0.1) is 10.8 Å². The fraction of sp³-hybridized carbons (Fsp3) is 0.393. The standard InChI is InChI=1S/C28H33N5O3/c1-3-35-22-14-15-23-24(16-22)33(21-8-5-9-21)26(25(23)27(30)36-17(2)29)18-10-12-20(13-11-18)32-28(34)31-19-6-4-7-19/h10-16,19,21,29-30H,3-9H2,1-2H3,(H2,31,32,34). The van der Waals surface area contributed by atoms with Crippen molar-refractivity contribution in [3.8, 4) is 17.0 Å². The lowest BCUT2D eigenvalue weighted by Gasteiger charge is -2.30. The molecule has 2 aromatic carbocycles. The van der Waals surface area contributed by atoms with Gasteiger partial charge in [-0.15, -0.1) is 0 Å². The average Bonchev–Trinajstić information content (AvgIpc) is 3.10. The molecule has 2 saturated carbocycles. The van der Waals surface area contributed by atoms with E-state index in [0.717, 1.165) is 60.0 Å². The number of carbonyl (C=O) groups is 1. The first-order valence-corrected chi connectivity index (χ1v) is 12.7. The largest absolute Gasteiger partial charge is 0.494 e. The maximum Gasteiger partial charge on any atom is 0.319 e. The van der Waals surface area contributed by atoms with Gasteiger partial charge in [-0.3, -0.25) is 10.8 Å². The first kappa shape index (κ1) is 23.9. The molecule has 2 aliphatic rings. The third-order valence-electron chi connectivity index (χ3n) is 7.07. The molecule has 1 aromatic heterocycles. The minimum absolute atomic E-state index is 0.0292. The van der Waals surface area contributed by atoms with Gasteiger partial charge in [0.15, 0.2) is 5.90 Å². The first-order valence-electron chi connectivity index (χ1n) is 12.7. The minimum atomic E-state index is -0.184. The molecule has 4 N–H and O–H groups in total. The summed E-state index contributed by atoms with van der Waals surface area (Å²) in [5.41, 5.74) is 4.18. The lowest BCUT2D eigenvalue weighted by molar-refractivity contribution is 0.240. The lowest BCUT2D eigenvalue weighted by Crippen LogP contribution is -2.41. The monoisotopic (exact) mass is 487 g/mol. The quantitative estimate of drug-likeness (QED) is 0.227. The Morgan fingerprint density at radius 2 is 1.78 bits per heavy atom. The Balaban J connectivity index is 1.57. The maximum atomic E-state index is 12.3. The number of aromatic nitrogens is 1. The summed E-state index contributed by atoms with van der Waals surface area (Å²) >= 11 is 0. The van der Waals surface area contributed by atoms with Crippen molar-refractivity contribution in [2.75, 3.05) is 11.9 Å². The molecule has 36 heavy (non-hydrogen) atoms. The van der Waals surface area contributed by atoms with E-state index in [-0.39, 0.29) is 23.9 Å². The van der Waals surface area contributed by atoms with Crippen molar-refractivity contribution in [2.24, 2.45) is 0 Å². The number of fused-ring (bicyclic) bond motifs is 1. The van der Waals surface area contributed by atoms with Crippen LogP contribution in [0.5, 0.6) is 5.75 Å². The first-order chi connectivity index (χ1) is 17.4. The van der Waals surface area contributed by atoms with Crippen molar-refractivity contribution in [3.63, 3.8) is 0 Å². The van der Waals surface area contributed by atoms with Gasteiger partial charge in [0.25, 0.3) is 0 Å². The van der Waals surface area contributed by atoms with Crippen LogP contribution in [0.15, 0.2) is 42.5 Å². The lowest BCUT2D eigenvalue weighted by atomic mass is 9.92. The topological polar surface area (TPSA) is 112 Å². The second kappa shape index (κ2) is 10.0. The smallest absolute Gasteiger partial charge is 0.319 e. The van der Waals surface area contributed by atoms with E-state index < -0.39 is 0 Å². The third kappa shape index (κ3) is 4.67. The fourth-order valence-electron chi connectivity index (χ4n) is 4.91. The van der Waals surface area contributed by atoms with Gasteiger partial charge in [0, 0.05) is 36.1 Å². The van der Waals surface area contributed by atoms with E-state index in [4.69, 9.17) is 20.3 Å². The molecule has 8 heteroatoms. The summed E-state index contributed by atoms with van der Waals surface area (Å²) in [7, 11) is 0. The summed E-state index contributed by atoms with van der Waals surface area (Å²) in [5, 5.41) is 23.4. The van der Waals surface area contributed by atoms with E-state index in [1.165, 1.54) is 13.3 Å². The molecule has 8 nitrogen and oxygen atoms in total. The Labute approximate surface area is 211 Å². The molecule has 0 aliphatic heterocycles. The predicted molar refractivity (Wildman–Crippen MR) is 143 cm³/mol. The fourth-order valence-corrected chi connectivity index (χ4v) is 4.91. The van der Waals surface area contributed by atoms with Crippen LogP contribution in [0.4, 0.5) is 10.5 Å². The molecule has 0 atom stereocenters. The Kier molecular flexibility index (Phi) is 6.67. The van der Waals surface area contributed by atoms with Crippen LogP contribution in [0.1, 0.15) is 64.0 Å². The maximum absolute atomic E-state index is 12.3. The minimum Gasteiger partial charge on any atom is -0.494 e. The number of ether oxygens (including phenoxy) is 2. The van der Waals surface area contributed by atoms with Crippen LogP contribution < -0.4 is 15.4 Å². The van der Waals surface area contributed by atoms with E-state index >= 15 is 0 Å². The normalized spacial score (nSPS) is 15.6. The zero-order valence-electron chi connectivity index (χ0n) is 20.8. The molecule has 0 radical (unpaired) electrons. The van der Waals surface area contributed by atoms with E-state index in [1.807, 2.05) is 49.4 Å². The number of nitrogens with one attached hydrogen (secondary N) is 4. The number of carbonyl (C=O) groups excluding carboxylic acids is 1. The number of nitrogens with zero attached hydrogens (tertiary/aromatic N) is 1. The summed E-state index contributed by atoms with van der Waals surface area (Å²) in [6.07, 6.45) is 6.53. The number of rotatable bonds is 7. The predicted octanol–water partition coefficient (Wildman–Crippen LogP) is 6.45. The van der Waals surface area contributed by atoms with E-state index in [2.05, 4.69) is 15.2 Å². The van der Waals surface area contributed by atoms with Gasteiger partial charge in [-0.2, -0.15) is 0 Å². The molecule has 188 valence electrons. The molecule has 5 rings (SSSR count). The van der Waals surface area contributed by atoms with Crippen molar-refractivity contribution in [1.29, 1.82) is 10.8 Å². The van der Waals surface area contributed by atoms with Crippen LogP contribution in [0.3, 0.4) is 0 Å². The summed E-state index contributed by atoms with van der Waals surface area (Å²) < 4.78 is 13.6. The molecule has 3 aromatic rings. The van der Waals surface area contributed by atoms with Crippen molar-refractivity contribution in [2.45, 2.75) is 64.5 Å². The zero-order chi connectivity index (χ0) is 25.2. The van der Waals surface area contributed by atoms with Gasteiger partial charge in [0.2, 0.25) is 5.90 Å².